The minimum Gasteiger partial charge on any atom is -0.244 e. The van der Waals surface area contributed by atoms with E-state index in [0.717, 1.165) is 11.5 Å². The van der Waals surface area contributed by atoms with Crippen LogP contribution in [0.2, 0.25) is 0 Å². The molecule has 1 aliphatic rings. The molecule has 15 heavy (non-hydrogen) atoms. The van der Waals surface area contributed by atoms with Crippen LogP contribution in [0.1, 0.15) is 0 Å². The first-order valence-corrected chi connectivity index (χ1v) is 6.99. The van der Waals surface area contributed by atoms with E-state index < -0.39 is 26.3 Å². The first-order valence-electron chi connectivity index (χ1n) is 3.94. The Morgan fingerprint density at radius 3 is 2.67 bits per heavy atom. The quantitative estimate of drug-likeness (QED) is 0.629. The van der Waals surface area contributed by atoms with E-state index in [9.17, 15) is 16.8 Å². The lowest BCUT2D eigenvalue weighted by molar-refractivity contribution is 0.207. The van der Waals surface area contributed by atoms with Gasteiger partial charge in [0.15, 0.2) is 9.84 Å². The highest BCUT2D eigenvalue weighted by molar-refractivity contribution is 7.94. The van der Waals surface area contributed by atoms with Gasteiger partial charge in [0.25, 0.3) is 0 Å². The first kappa shape index (κ1) is 12.4. The molecule has 0 aromatic carbocycles. The van der Waals surface area contributed by atoms with Crippen LogP contribution in [0.15, 0.2) is 24.1 Å². The second-order valence-corrected chi connectivity index (χ2v) is 5.95. The van der Waals surface area contributed by atoms with Crippen molar-refractivity contribution in [1.29, 1.82) is 0 Å². The van der Waals surface area contributed by atoms with E-state index in [-0.39, 0.29) is 12.4 Å². The SMILES string of the molecule is C=CCOS(=O)(=O)OC1C=CS(=O)(=O)C1. The smallest absolute Gasteiger partial charge is 0.244 e. The zero-order valence-corrected chi connectivity index (χ0v) is 9.33. The van der Waals surface area contributed by atoms with Gasteiger partial charge in [-0.05, 0) is 6.08 Å². The van der Waals surface area contributed by atoms with Gasteiger partial charge < -0.3 is 0 Å². The number of hydrogen-bond acceptors (Lipinski definition) is 6. The first-order chi connectivity index (χ1) is 6.85. The summed E-state index contributed by atoms with van der Waals surface area (Å²) in [6, 6.07) is 0. The number of sulfone groups is 1. The van der Waals surface area contributed by atoms with E-state index in [0.29, 0.717) is 0 Å². The van der Waals surface area contributed by atoms with Crippen molar-refractivity contribution in [2.24, 2.45) is 0 Å². The van der Waals surface area contributed by atoms with Crippen molar-refractivity contribution in [3.05, 3.63) is 24.1 Å². The molecule has 0 fully saturated rings. The fraction of sp³-hybridized carbons (Fsp3) is 0.429. The van der Waals surface area contributed by atoms with E-state index in [4.69, 9.17) is 0 Å². The van der Waals surface area contributed by atoms with Crippen LogP contribution in [-0.2, 0) is 28.6 Å². The predicted octanol–water partition coefficient (Wildman–Crippen LogP) is -0.239. The van der Waals surface area contributed by atoms with Crippen molar-refractivity contribution in [3.63, 3.8) is 0 Å². The van der Waals surface area contributed by atoms with Gasteiger partial charge in [0, 0.05) is 5.41 Å². The van der Waals surface area contributed by atoms with Crippen LogP contribution < -0.4 is 0 Å². The molecule has 0 bridgehead atoms. The van der Waals surface area contributed by atoms with E-state index in [2.05, 4.69) is 14.9 Å². The highest BCUT2D eigenvalue weighted by Crippen LogP contribution is 2.14. The van der Waals surface area contributed by atoms with E-state index >= 15 is 0 Å². The summed E-state index contributed by atoms with van der Waals surface area (Å²) in [6.45, 7) is 3.05. The topological polar surface area (TPSA) is 86.7 Å². The van der Waals surface area contributed by atoms with Gasteiger partial charge in [-0.15, -0.1) is 6.58 Å². The standard InChI is InChI=1S/C7H10O6S2/c1-2-4-12-15(10,11)13-7-3-5-14(8,9)6-7/h2-3,5,7H,1,4,6H2. The van der Waals surface area contributed by atoms with Crippen LogP contribution in [0.4, 0.5) is 0 Å². The molecule has 0 radical (unpaired) electrons. The summed E-state index contributed by atoms with van der Waals surface area (Å²) in [6.07, 6.45) is 1.39. The lowest BCUT2D eigenvalue weighted by Crippen LogP contribution is -2.21. The molecule has 0 spiro atoms. The van der Waals surface area contributed by atoms with Gasteiger partial charge in [0.2, 0.25) is 0 Å². The third-order valence-corrected chi connectivity index (χ3v) is 3.74. The summed E-state index contributed by atoms with van der Waals surface area (Å²) >= 11 is 0. The zero-order chi connectivity index (χ0) is 11.5. The maximum Gasteiger partial charge on any atom is 0.400 e. The zero-order valence-electron chi connectivity index (χ0n) is 7.70. The van der Waals surface area contributed by atoms with Crippen LogP contribution in [0.25, 0.3) is 0 Å². The molecule has 0 aromatic rings. The molecule has 1 unspecified atom stereocenters. The Hall–Kier alpha value is -0.700. The van der Waals surface area contributed by atoms with E-state index in [1.54, 1.807) is 0 Å². The number of rotatable bonds is 5. The Balaban J connectivity index is 2.57. The molecule has 0 aliphatic carbocycles. The molecule has 1 aliphatic heterocycles. The van der Waals surface area contributed by atoms with E-state index in [1.165, 1.54) is 6.08 Å². The van der Waals surface area contributed by atoms with Crippen molar-refractivity contribution in [2.45, 2.75) is 6.10 Å². The van der Waals surface area contributed by atoms with Crippen LogP contribution in [0.3, 0.4) is 0 Å². The summed E-state index contributed by atoms with van der Waals surface area (Å²) < 4.78 is 52.7. The largest absolute Gasteiger partial charge is 0.400 e. The molecule has 0 aromatic heterocycles. The Labute approximate surface area is 88.4 Å². The Morgan fingerprint density at radius 1 is 1.53 bits per heavy atom. The minimum atomic E-state index is -4.16. The molecule has 8 heteroatoms. The van der Waals surface area contributed by atoms with Gasteiger partial charge >= 0.3 is 10.4 Å². The summed E-state index contributed by atoms with van der Waals surface area (Å²) in [7, 11) is -7.50. The van der Waals surface area contributed by atoms with Gasteiger partial charge in [-0.3, -0.25) is 0 Å². The summed E-state index contributed by atoms with van der Waals surface area (Å²) in [5.41, 5.74) is 0. The third-order valence-electron chi connectivity index (χ3n) is 1.47. The highest BCUT2D eigenvalue weighted by atomic mass is 32.3. The second-order valence-electron chi connectivity index (χ2n) is 2.77. The maximum atomic E-state index is 11.0. The lowest BCUT2D eigenvalue weighted by atomic mass is 10.4. The maximum absolute atomic E-state index is 11.0. The minimum absolute atomic E-state index is 0.217. The highest BCUT2D eigenvalue weighted by Gasteiger charge is 2.27. The van der Waals surface area contributed by atoms with Gasteiger partial charge in [-0.25, -0.2) is 16.8 Å². The molecule has 86 valence electrons. The monoisotopic (exact) mass is 254 g/mol. The van der Waals surface area contributed by atoms with Crippen LogP contribution in [0.5, 0.6) is 0 Å². The predicted molar refractivity (Wildman–Crippen MR) is 52.9 cm³/mol. The molecule has 0 N–H and O–H groups in total. The fourth-order valence-corrected chi connectivity index (χ4v) is 2.92. The van der Waals surface area contributed by atoms with Gasteiger partial charge in [0.1, 0.15) is 6.10 Å². The molecule has 0 saturated heterocycles. The Bertz CT molecular complexity index is 458. The van der Waals surface area contributed by atoms with Crippen LogP contribution >= 0.6 is 0 Å². The molecular weight excluding hydrogens is 244 g/mol. The summed E-state index contributed by atoms with van der Waals surface area (Å²) in [5.74, 6) is -0.385. The summed E-state index contributed by atoms with van der Waals surface area (Å²) in [4.78, 5) is 0. The second kappa shape index (κ2) is 4.44. The average molecular weight is 254 g/mol. The molecule has 0 saturated carbocycles. The van der Waals surface area contributed by atoms with E-state index in [1.807, 2.05) is 0 Å². The van der Waals surface area contributed by atoms with Crippen molar-refractivity contribution in [3.8, 4) is 0 Å². The van der Waals surface area contributed by atoms with Gasteiger partial charge in [-0.1, -0.05) is 6.08 Å². The average Bonchev–Trinajstić information content (AvgIpc) is 2.41. The molecular formula is C7H10O6S2. The van der Waals surface area contributed by atoms with Crippen molar-refractivity contribution >= 4 is 20.2 Å². The van der Waals surface area contributed by atoms with Gasteiger partial charge in [0.05, 0.1) is 12.4 Å². The molecule has 1 atom stereocenters. The third kappa shape index (κ3) is 4.12. The van der Waals surface area contributed by atoms with Crippen molar-refractivity contribution in [1.82, 2.24) is 0 Å². The van der Waals surface area contributed by atoms with Crippen LogP contribution in [-0.4, -0.2) is 35.3 Å². The molecule has 1 rings (SSSR count). The molecule has 6 nitrogen and oxygen atoms in total. The van der Waals surface area contributed by atoms with Crippen molar-refractivity contribution in [2.75, 3.05) is 12.4 Å². The molecule has 0 amide bonds. The van der Waals surface area contributed by atoms with Crippen molar-refractivity contribution < 1.29 is 25.2 Å². The Kier molecular flexibility index (Phi) is 3.66. The molecule has 1 heterocycles. The van der Waals surface area contributed by atoms with Gasteiger partial charge in [-0.2, -0.15) is 8.42 Å². The Morgan fingerprint density at radius 2 is 2.20 bits per heavy atom. The lowest BCUT2D eigenvalue weighted by Gasteiger charge is -2.07. The fourth-order valence-electron chi connectivity index (χ4n) is 0.918. The van der Waals surface area contributed by atoms with Crippen LogP contribution in [0, 0.1) is 0 Å². The normalized spacial score (nSPS) is 24.1. The number of hydrogen-bond donors (Lipinski definition) is 0. The summed E-state index contributed by atoms with van der Waals surface area (Å²) in [5, 5.41) is 0.917.